The van der Waals surface area contributed by atoms with Crippen LogP contribution < -0.4 is 14.4 Å². The molecule has 1 aliphatic heterocycles. The van der Waals surface area contributed by atoms with Crippen LogP contribution in [-0.2, 0) is 10.0 Å². The van der Waals surface area contributed by atoms with Gasteiger partial charge in [0.05, 0.1) is 19.7 Å². The van der Waals surface area contributed by atoms with Crippen LogP contribution in [0.25, 0.3) is 10.9 Å². The van der Waals surface area contributed by atoms with Gasteiger partial charge >= 0.3 is 0 Å². The highest BCUT2D eigenvalue weighted by Crippen LogP contribution is 2.31. The van der Waals surface area contributed by atoms with Crippen molar-refractivity contribution >= 4 is 26.7 Å². The Balaban J connectivity index is 1.56. The van der Waals surface area contributed by atoms with Crippen LogP contribution in [0.2, 0.25) is 0 Å². The third kappa shape index (κ3) is 3.68. The molecule has 1 fully saturated rings. The van der Waals surface area contributed by atoms with Gasteiger partial charge in [-0.25, -0.2) is 13.4 Å². The lowest BCUT2D eigenvalue weighted by atomic mass is 10.1. The van der Waals surface area contributed by atoms with Gasteiger partial charge in [-0.3, -0.25) is 0 Å². The van der Waals surface area contributed by atoms with Crippen LogP contribution in [0, 0.1) is 6.92 Å². The molecule has 0 saturated carbocycles. The smallest absolute Gasteiger partial charge is 0.247 e. The molecule has 0 spiro atoms. The van der Waals surface area contributed by atoms with E-state index in [-0.39, 0.29) is 4.90 Å². The summed E-state index contributed by atoms with van der Waals surface area (Å²) in [4.78, 5) is 7.03. The van der Waals surface area contributed by atoms with Gasteiger partial charge in [-0.2, -0.15) is 4.31 Å². The van der Waals surface area contributed by atoms with Crippen LogP contribution in [0.1, 0.15) is 5.56 Å². The van der Waals surface area contributed by atoms with E-state index in [4.69, 9.17) is 14.5 Å². The third-order valence-corrected chi connectivity index (χ3v) is 7.38. The van der Waals surface area contributed by atoms with Gasteiger partial charge in [0.25, 0.3) is 0 Å². The summed E-state index contributed by atoms with van der Waals surface area (Å²) >= 11 is 0. The summed E-state index contributed by atoms with van der Waals surface area (Å²) in [6.45, 7) is 3.95. The van der Waals surface area contributed by atoms with Crippen molar-refractivity contribution in [2.24, 2.45) is 0 Å². The number of hydrogen-bond acceptors (Lipinski definition) is 6. The van der Waals surface area contributed by atoms with Gasteiger partial charge in [-0.05, 0) is 36.8 Å². The van der Waals surface area contributed by atoms with Crippen LogP contribution in [0.5, 0.6) is 11.5 Å². The van der Waals surface area contributed by atoms with Gasteiger partial charge in [0.15, 0.2) is 0 Å². The highest BCUT2D eigenvalue weighted by atomic mass is 32.2. The summed E-state index contributed by atoms with van der Waals surface area (Å²) in [5.74, 6) is 1.66. The average molecular weight is 428 g/mol. The highest BCUT2D eigenvalue weighted by Gasteiger charge is 2.31. The molecule has 0 bridgehead atoms. The van der Waals surface area contributed by atoms with Crippen LogP contribution in [0.3, 0.4) is 0 Å². The second kappa shape index (κ2) is 8.12. The van der Waals surface area contributed by atoms with E-state index >= 15 is 0 Å². The number of sulfonamides is 1. The molecule has 2 aromatic carbocycles. The number of rotatable bonds is 5. The molecule has 0 atom stereocenters. The monoisotopic (exact) mass is 427 g/mol. The maximum Gasteiger partial charge on any atom is 0.247 e. The number of piperazine rings is 1. The Kier molecular flexibility index (Phi) is 5.53. The first-order valence-electron chi connectivity index (χ1n) is 9.77. The number of nitrogens with zero attached hydrogens (tertiary/aromatic N) is 3. The Morgan fingerprint density at radius 1 is 0.933 bits per heavy atom. The largest absolute Gasteiger partial charge is 0.497 e. The van der Waals surface area contributed by atoms with Crippen LogP contribution in [0.15, 0.2) is 53.4 Å². The Labute approximate surface area is 176 Å². The number of benzene rings is 2. The number of methoxy groups -OCH3 is 2. The van der Waals surface area contributed by atoms with Crippen molar-refractivity contribution in [2.45, 2.75) is 11.8 Å². The number of anilines is 1. The molecule has 7 nitrogen and oxygen atoms in total. The fourth-order valence-electron chi connectivity index (χ4n) is 3.78. The molecule has 0 unspecified atom stereocenters. The van der Waals surface area contributed by atoms with Gasteiger partial charge in [0.2, 0.25) is 10.0 Å². The molecule has 0 N–H and O–H groups in total. The Morgan fingerprint density at radius 3 is 2.37 bits per heavy atom. The fraction of sp³-hybridized carbons (Fsp3) is 0.318. The van der Waals surface area contributed by atoms with Crippen molar-refractivity contribution in [1.82, 2.24) is 9.29 Å². The topological polar surface area (TPSA) is 72.0 Å². The van der Waals surface area contributed by atoms with E-state index in [0.29, 0.717) is 37.7 Å². The van der Waals surface area contributed by atoms with E-state index in [1.807, 2.05) is 18.2 Å². The highest BCUT2D eigenvalue weighted by molar-refractivity contribution is 7.89. The molecule has 1 saturated heterocycles. The number of fused-ring (bicyclic) bond motifs is 1. The van der Waals surface area contributed by atoms with E-state index in [0.717, 1.165) is 22.3 Å². The van der Waals surface area contributed by atoms with E-state index in [1.165, 1.54) is 24.6 Å². The summed E-state index contributed by atoms with van der Waals surface area (Å²) < 4.78 is 38.5. The molecule has 1 aliphatic rings. The van der Waals surface area contributed by atoms with Crippen LogP contribution >= 0.6 is 0 Å². The number of hydrogen-bond donors (Lipinski definition) is 0. The molecule has 0 aliphatic carbocycles. The van der Waals surface area contributed by atoms with Crippen molar-refractivity contribution in [3.8, 4) is 11.5 Å². The van der Waals surface area contributed by atoms with Crippen molar-refractivity contribution in [1.29, 1.82) is 0 Å². The maximum absolute atomic E-state index is 13.3. The number of ether oxygens (including phenoxy) is 2. The van der Waals surface area contributed by atoms with Crippen molar-refractivity contribution in [2.75, 3.05) is 45.3 Å². The quantitative estimate of drug-likeness (QED) is 0.623. The van der Waals surface area contributed by atoms with E-state index in [9.17, 15) is 8.42 Å². The Hall–Kier alpha value is -2.84. The second-order valence-corrected chi connectivity index (χ2v) is 9.13. The molecule has 0 radical (unpaired) electrons. The van der Waals surface area contributed by atoms with E-state index < -0.39 is 10.0 Å². The van der Waals surface area contributed by atoms with Gasteiger partial charge in [0.1, 0.15) is 22.2 Å². The third-order valence-electron chi connectivity index (χ3n) is 5.46. The van der Waals surface area contributed by atoms with Gasteiger partial charge in [-0.15, -0.1) is 0 Å². The lowest BCUT2D eigenvalue weighted by molar-refractivity contribution is 0.370. The predicted molar refractivity (Wildman–Crippen MR) is 117 cm³/mol. The van der Waals surface area contributed by atoms with Crippen molar-refractivity contribution in [3.05, 3.63) is 54.1 Å². The van der Waals surface area contributed by atoms with Crippen LogP contribution in [-0.4, -0.2) is 58.1 Å². The maximum atomic E-state index is 13.3. The first-order valence-corrected chi connectivity index (χ1v) is 11.2. The van der Waals surface area contributed by atoms with Crippen LogP contribution in [0.4, 0.5) is 5.82 Å². The number of aromatic nitrogens is 1. The predicted octanol–water partition coefficient (Wildman–Crippen LogP) is 3.07. The normalized spacial score (nSPS) is 15.4. The molecule has 30 heavy (non-hydrogen) atoms. The molecular weight excluding hydrogens is 402 g/mol. The summed E-state index contributed by atoms with van der Waals surface area (Å²) in [7, 11) is -0.730. The first-order chi connectivity index (χ1) is 14.4. The minimum atomic E-state index is -3.70. The minimum absolute atomic E-state index is 0.123. The molecule has 4 rings (SSSR count). The van der Waals surface area contributed by atoms with E-state index in [1.54, 1.807) is 12.1 Å². The van der Waals surface area contributed by atoms with Gasteiger partial charge in [-0.1, -0.05) is 18.2 Å². The lowest BCUT2D eigenvalue weighted by Gasteiger charge is -2.35. The SMILES string of the molecule is COc1ccc(OC)c(S(=O)(=O)N2CCN(c3cc(C)c4ccccc4n3)CC2)c1. The lowest BCUT2D eigenvalue weighted by Crippen LogP contribution is -2.49. The Bertz CT molecular complexity index is 1170. The molecule has 0 amide bonds. The zero-order valence-electron chi connectivity index (χ0n) is 17.3. The summed E-state index contributed by atoms with van der Waals surface area (Å²) in [6.07, 6.45) is 0. The summed E-state index contributed by atoms with van der Waals surface area (Å²) in [6, 6.07) is 14.9. The van der Waals surface area contributed by atoms with Gasteiger partial charge in [0, 0.05) is 37.6 Å². The minimum Gasteiger partial charge on any atom is -0.497 e. The standard InChI is InChI=1S/C22H25N3O4S/c1-16-14-22(23-19-7-5-4-6-18(16)19)24-10-12-25(13-11-24)30(26,27)21-15-17(28-2)8-9-20(21)29-3/h4-9,14-15H,10-13H2,1-3H3. The summed E-state index contributed by atoms with van der Waals surface area (Å²) in [5, 5.41) is 1.13. The average Bonchev–Trinajstić information content (AvgIpc) is 2.78. The molecule has 158 valence electrons. The Morgan fingerprint density at radius 2 is 1.67 bits per heavy atom. The molecular formula is C22H25N3O4S. The zero-order chi connectivity index (χ0) is 21.3. The number of para-hydroxylation sites is 1. The first kappa shape index (κ1) is 20.4. The number of pyridine rings is 1. The fourth-order valence-corrected chi connectivity index (χ4v) is 5.37. The summed E-state index contributed by atoms with van der Waals surface area (Å²) in [5.41, 5.74) is 2.11. The molecule has 1 aromatic heterocycles. The van der Waals surface area contributed by atoms with Crippen molar-refractivity contribution in [3.63, 3.8) is 0 Å². The van der Waals surface area contributed by atoms with Crippen molar-refractivity contribution < 1.29 is 17.9 Å². The molecule has 2 heterocycles. The van der Waals surface area contributed by atoms with Gasteiger partial charge < -0.3 is 14.4 Å². The van der Waals surface area contributed by atoms with E-state index in [2.05, 4.69) is 24.0 Å². The molecule has 8 heteroatoms. The zero-order valence-corrected chi connectivity index (χ0v) is 18.1. The second-order valence-electron chi connectivity index (χ2n) is 7.22. The number of aryl methyl sites for hydroxylation is 1. The molecule has 3 aromatic rings.